The summed E-state index contributed by atoms with van der Waals surface area (Å²) in [5, 5.41) is 1.75. The topological polar surface area (TPSA) is 51.7 Å². The minimum absolute atomic E-state index is 0.0485. The molecule has 16 heavy (non-hydrogen) atoms. The van der Waals surface area contributed by atoms with Crippen molar-refractivity contribution in [2.45, 2.75) is 12.2 Å². The highest BCUT2D eigenvalue weighted by Crippen LogP contribution is 2.18. The predicted octanol–water partition coefficient (Wildman–Crippen LogP) is 0.629. The third-order valence-corrected chi connectivity index (χ3v) is 3.35. The van der Waals surface area contributed by atoms with Crippen LogP contribution in [-0.4, -0.2) is 55.3 Å². The van der Waals surface area contributed by atoms with Gasteiger partial charge in [0.05, 0.1) is 5.51 Å². The first-order valence-corrected chi connectivity index (χ1v) is 5.93. The molecule has 0 bridgehead atoms. The van der Waals surface area contributed by atoms with Crippen molar-refractivity contribution in [3.8, 4) is 0 Å². The predicted molar refractivity (Wildman–Crippen MR) is 59.6 cm³/mol. The van der Waals surface area contributed by atoms with E-state index in [-0.39, 0.29) is 18.1 Å². The Morgan fingerprint density at radius 3 is 2.50 bits per heavy atom. The van der Waals surface area contributed by atoms with Gasteiger partial charge in [-0.25, -0.2) is 4.98 Å². The summed E-state index contributed by atoms with van der Waals surface area (Å²) < 4.78 is 10.6. The maximum absolute atomic E-state index is 12.0. The SMILES string of the molecule is COC1CN(C(=O)c2cscn2)CC1OC. The van der Waals surface area contributed by atoms with Gasteiger partial charge in [-0.1, -0.05) is 0 Å². The van der Waals surface area contributed by atoms with Crippen molar-refractivity contribution in [3.63, 3.8) is 0 Å². The smallest absolute Gasteiger partial charge is 0.273 e. The first-order valence-electron chi connectivity index (χ1n) is 4.99. The van der Waals surface area contributed by atoms with E-state index >= 15 is 0 Å². The van der Waals surface area contributed by atoms with Gasteiger partial charge in [0.25, 0.3) is 5.91 Å². The molecule has 1 aliphatic heterocycles. The fraction of sp³-hybridized carbons (Fsp3) is 0.600. The third-order valence-electron chi connectivity index (χ3n) is 2.76. The van der Waals surface area contributed by atoms with Crippen LogP contribution < -0.4 is 0 Å². The zero-order valence-electron chi connectivity index (χ0n) is 9.25. The van der Waals surface area contributed by atoms with E-state index in [4.69, 9.17) is 9.47 Å². The molecule has 0 saturated carbocycles. The summed E-state index contributed by atoms with van der Waals surface area (Å²) in [4.78, 5) is 17.7. The standard InChI is InChI=1S/C10H14N2O3S/c1-14-8-3-12(4-9(8)15-2)10(13)7-5-16-6-11-7/h5-6,8-9H,3-4H2,1-2H3. The summed E-state index contributed by atoms with van der Waals surface area (Å²) in [6.07, 6.45) is -0.0971. The molecule has 5 nitrogen and oxygen atoms in total. The second kappa shape index (κ2) is 4.90. The molecule has 1 aromatic rings. The molecule has 2 rings (SSSR count). The number of hydrogen-bond acceptors (Lipinski definition) is 5. The van der Waals surface area contributed by atoms with E-state index in [2.05, 4.69) is 4.98 Å². The molecule has 0 aromatic carbocycles. The Balaban J connectivity index is 2.05. The monoisotopic (exact) mass is 242 g/mol. The fourth-order valence-electron chi connectivity index (χ4n) is 1.84. The van der Waals surface area contributed by atoms with Crippen LogP contribution in [0.3, 0.4) is 0 Å². The summed E-state index contributed by atoms with van der Waals surface area (Å²) in [5.74, 6) is -0.0529. The summed E-state index contributed by atoms with van der Waals surface area (Å²) in [7, 11) is 3.26. The second-order valence-corrected chi connectivity index (χ2v) is 4.35. The van der Waals surface area contributed by atoms with Gasteiger partial charge in [0.1, 0.15) is 17.9 Å². The van der Waals surface area contributed by atoms with Crippen LogP contribution in [-0.2, 0) is 9.47 Å². The molecule has 2 heterocycles. The van der Waals surface area contributed by atoms with E-state index in [1.54, 1.807) is 30.0 Å². The van der Waals surface area contributed by atoms with Crippen molar-refractivity contribution in [1.82, 2.24) is 9.88 Å². The molecule has 0 radical (unpaired) electrons. The van der Waals surface area contributed by atoms with Gasteiger partial charge in [0.2, 0.25) is 0 Å². The fourth-order valence-corrected chi connectivity index (χ4v) is 2.37. The normalized spacial score (nSPS) is 25.0. The zero-order valence-corrected chi connectivity index (χ0v) is 10.1. The molecule has 0 spiro atoms. The van der Waals surface area contributed by atoms with E-state index in [9.17, 15) is 4.79 Å². The largest absolute Gasteiger partial charge is 0.377 e. The summed E-state index contributed by atoms with van der Waals surface area (Å²) >= 11 is 1.42. The first-order chi connectivity index (χ1) is 7.76. The average molecular weight is 242 g/mol. The van der Waals surface area contributed by atoms with Gasteiger partial charge < -0.3 is 14.4 Å². The number of carbonyl (C=O) groups is 1. The molecule has 2 atom stereocenters. The van der Waals surface area contributed by atoms with Crippen molar-refractivity contribution in [2.75, 3.05) is 27.3 Å². The summed E-state index contributed by atoms with van der Waals surface area (Å²) in [6, 6.07) is 0. The Labute approximate surface area is 98.0 Å². The number of ether oxygens (including phenoxy) is 2. The molecule has 2 unspecified atom stereocenters. The zero-order chi connectivity index (χ0) is 11.5. The van der Waals surface area contributed by atoms with E-state index < -0.39 is 0 Å². The molecule has 0 N–H and O–H groups in total. The van der Waals surface area contributed by atoms with Crippen molar-refractivity contribution in [3.05, 3.63) is 16.6 Å². The number of thiazole rings is 1. The van der Waals surface area contributed by atoms with Crippen LogP contribution in [0.1, 0.15) is 10.5 Å². The maximum Gasteiger partial charge on any atom is 0.273 e. The first kappa shape index (κ1) is 11.5. The van der Waals surface area contributed by atoms with Crippen molar-refractivity contribution in [1.29, 1.82) is 0 Å². The van der Waals surface area contributed by atoms with Gasteiger partial charge in [-0.05, 0) is 0 Å². The van der Waals surface area contributed by atoms with Crippen LogP contribution in [0.4, 0.5) is 0 Å². The number of amides is 1. The van der Waals surface area contributed by atoms with Crippen molar-refractivity contribution in [2.24, 2.45) is 0 Å². The van der Waals surface area contributed by atoms with Gasteiger partial charge >= 0.3 is 0 Å². The number of rotatable bonds is 3. The lowest BCUT2D eigenvalue weighted by Crippen LogP contribution is -2.30. The number of likely N-dealkylation sites (tertiary alicyclic amines) is 1. The van der Waals surface area contributed by atoms with Crippen LogP contribution in [0, 0.1) is 0 Å². The highest BCUT2D eigenvalue weighted by molar-refractivity contribution is 7.07. The number of aromatic nitrogens is 1. The molecule has 88 valence electrons. The Morgan fingerprint density at radius 1 is 1.44 bits per heavy atom. The average Bonchev–Trinajstić information content (AvgIpc) is 2.96. The van der Waals surface area contributed by atoms with Crippen LogP contribution in [0.2, 0.25) is 0 Å². The lowest BCUT2D eigenvalue weighted by Gasteiger charge is -2.13. The van der Waals surface area contributed by atoms with Gasteiger partial charge in [-0.2, -0.15) is 0 Å². The lowest BCUT2D eigenvalue weighted by molar-refractivity contribution is -0.00461. The van der Waals surface area contributed by atoms with Gasteiger partial charge in [-0.15, -0.1) is 11.3 Å². The van der Waals surface area contributed by atoms with Crippen LogP contribution in [0.25, 0.3) is 0 Å². The van der Waals surface area contributed by atoms with Crippen molar-refractivity contribution >= 4 is 17.2 Å². The van der Waals surface area contributed by atoms with Crippen molar-refractivity contribution < 1.29 is 14.3 Å². The van der Waals surface area contributed by atoms with Gasteiger partial charge in [0.15, 0.2) is 0 Å². The number of carbonyl (C=O) groups excluding carboxylic acids is 1. The molecule has 1 saturated heterocycles. The van der Waals surface area contributed by atoms with E-state index in [0.717, 1.165) is 0 Å². The van der Waals surface area contributed by atoms with E-state index in [0.29, 0.717) is 18.8 Å². The second-order valence-electron chi connectivity index (χ2n) is 3.63. The molecule has 1 aliphatic rings. The van der Waals surface area contributed by atoms with Gasteiger partial charge in [0, 0.05) is 32.7 Å². The summed E-state index contributed by atoms with van der Waals surface area (Å²) in [5.41, 5.74) is 2.15. The molecule has 1 fully saturated rings. The summed E-state index contributed by atoms with van der Waals surface area (Å²) in [6.45, 7) is 1.12. The molecule has 6 heteroatoms. The maximum atomic E-state index is 12.0. The Kier molecular flexibility index (Phi) is 3.52. The minimum Gasteiger partial charge on any atom is -0.377 e. The third kappa shape index (κ3) is 2.09. The Morgan fingerprint density at radius 2 is 2.06 bits per heavy atom. The quantitative estimate of drug-likeness (QED) is 0.780. The molecular formula is C10H14N2O3S. The van der Waals surface area contributed by atoms with Crippen LogP contribution in [0.5, 0.6) is 0 Å². The Hall–Kier alpha value is -0.980. The minimum atomic E-state index is -0.0529. The van der Waals surface area contributed by atoms with E-state index in [1.807, 2.05) is 0 Å². The van der Waals surface area contributed by atoms with Gasteiger partial charge in [-0.3, -0.25) is 4.79 Å². The molecule has 1 amide bonds. The Bertz CT molecular complexity index is 343. The molecular weight excluding hydrogens is 228 g/mol. The highest BCUT2D eigenvalue weighted by Gasteiger charge is 2.36. The molecule has 0 aliphatic carbocycles. The van der Waals surface area contributed by atoms with Crippen LogP contribution in [0.15, 0.2) is 10.9 Å². The highest BCUT2D eigenvalue weighted by atomic mass is 32.1. The number of hydrogen-bond donors (Lipinski definition) is 0. The molecule has 1 aromatic heterocycles. The lowest BCUT2D eigenvalue weighted by atomic mass is 10.3. The van der Waals surface area contributed by atoms with Crippen LogP contribution >= 0.6 is 11.3 Å². The number of nitrogens with zero attached hydrogens (tertiary/aromatic N) is 2. The number of methoxy groups -OCH3 is 2. The van der Waals surface area contributed by atoms with E-state index in [1.165, 1.54) is 11.3 Å².